The number of nitrogens with two attached hydrogens (primary N) is 2. The van der Waals surface area contributed by atoms with E-state index < -0.39 is 10.0 Å². The molecule has 2 heterocycles. The minimum Gasteiger partial charge on any atom is -0.382 e. The molecule has 2 aromatic rings. The van der Waals surface area contributed by atoms with Crippen molar-refractivity contribution in [2.24, 2.45) is 5.14 Å². The number of anilines is 1. The first-order valence-electron chi connectivity index (χ1n) is 8.57. The van der Waals surface area contributed by atoms with Crippen molar-refractivity contribution >= 4 is 26.9 Å². The SMILES string of the molecule is CCc1nc2c(N)nc3c(c2n1CCCCS(N)(=O)=O)CCCC3. The van der Waals surface area contributed by atoms with E-state index >= 15 is 0 Å². The molecule has 0 aromatic carbocycles. The quantitative estimate of drug-likeness (QED) is 0.765. The van der Waals surface area contributed by atoms with E-state index in [1.807, 2.05) is 0 Å². The number of unbranched alkanes of at least 4 members (excludes halogenated alkanes) is 1. The molecule has 0 amide bonds. The van der Waals surface area contributed by atoms with Gasteiger partial charge >= 0.3 is 0 Å². The molecular formula is C16H25N5O2S. The number of sulfonamides is 1. The van der Waals surface area contributed by atoms with Gasteiger partial charge < -0.3 is 10.3 Å². The van der Waals surface area contributed by atoms with Crippen LogP contribution in [0.4, 0.5) is 5.82 Å². The van der Waals surface area contributed by atoms with Gasteiger partial charge in [-0.15, -0.1) is 0 Å². The molecule has 0 spiro atoms. The van der Waals surface area contributed by atoms with Gasteiger partial charge in [0.05, 0.1) is 11.3 Å². The first-order valence-corrected chi connectivity index (χ1v) is 10.3. The van der Waals surface area contributed by atoms with Crippen molar-refractivity contribution in [2.45, 2.75) is 58.4 Å². The van der Waals surface area contributed by atoms with Crippen molar-refractivity contribution in [3.63, 3.8) is 0 Å². The second kappa shape index (κ2) is 6.68. The Bertz CT molecular complexity index is 857. The van der Waals surface area contributed by atoms with E-state index in [9.17, 15) is 8.42 Å². The summed E-state index contributed by atoms with van der Waals surface area (Å²) < 4.78 is 24.4. The maximum absolute atomic E-state index is 11.1. The smallest absolute Gasteiger partial charge is 0.209 e. The normalized spacial score (nSPS) is 14.9. The molecule has 1 aliphatic rings. The number of nitrogen functional groups attached to an aromatic ring is 1. The fourth-order valence-electron chi connectivity index (χ4n) is 3.53. The molecule has 132 valence electrons. The standard InChI is InChI=1S/C16H25N5O2S/c1-2-13-20-14-15(21(13)9-5-6-10-24(18,22)23)11-7-3-4-8-12(11)19-16(14)17/h2-10H2,1H3,(H2,17,19)(H2,18,22,23). The van der Waals surface area contributed by atoms with Gasteiger partial charge in [-0.3, -0.25) is 0 Å². The summed E-state index contributed by atoms with van der Waals surface area (Å²) in [6.07, 6.45) is 6.37. The monoisotopic (exact) mass is 351 g/mol. The molecular weight excluding hydrogens is 326 g/mol. The highest BCUT2D eigenvalue weighted by Crippen LogP contribution is 2.31. The van der Waals surface area contributed by atoms with Crippen LogP contribution < -0.4 is 10.9 Å². The Morgan fingerprint density at radius 2 is 1.92 bits per heavy atom. The number of imidazole rings is 1. The van der Waals surface area contributed by atoms with E-state index in [0.29, 0.717) is 12.2 Å². The van der Waals surface area contributed by atoms with Crippen LogP contribution in [0.1, 0.15) is 49.7 Å². The number of pyridine rings is 1. The Balaban J connectivity index is 1.97. The van der Waals surface area contributed by atoms with Crippen molar-refractivity contribution in [3.8, 4) is 0 Å². The van der Waals surface area contributed by atoms with Gasteiger partial charge in [-0.1, -0.05) is 6.92 Å². The molecule has 0 fully saturated rings. The summed E-state index contributed by atoms with van der Waals surface area (Å²) in [4.78, 5) is 9.26. The van der Waals surface area contributed by atoms with E-state index in [1.165, 1.54) is 5.56 Å². The summed E-state index contributed by atoms with van der Waals surface area (Å²) in [6.45, 7) is 2.79. The zero-order valence-electron chi connectivity index (χ0n) is 14.1. The number of primary sulfonamides is 1. The summed E-state index contributed by atoms with van der Waals surface area (Å²) in [7, 11) is -3.40. The average Bonchev–Trinajstić information content (AvgIpc) is 2.90. The highest BCUT2D eigenvalue weighted by Gasteiger charge is 2.22. The summed E-state index contributed by atoms with van der Waals surface area (Å²) in [5.74, 6) is 1.50. The lowest BCUT2D eigenvalue weighted by molar-refractivity contribution is 0.581. The highest BCUT2D eigenvalue weighted by molar-refractivity contribution is 7.89. The van der Waals surface area contributed by atoms with Gasteiger partial charge in [-0.25, -0.2) is 23.5 Å². The van der Waals surface area contributed by atoms with E-state index in [1.54, 1.807) is 0 Å². The summed E-state index contributed by atoms with van der Waals surface area (Å²) >= 11 is 0. The lowest BCUT2D eigenvalue weighted by atomic mass is 9.95. The van der Waals surface area contributed by atoms with Crippen LogP contribution in [0.2, 0.25) is 0 Å². The van der Waals surface area contributed by atoms with Crippen molar-refractivity contribution in [2.75, 3.05) is 11.5 Å². The zero-order chi connectivity index (χ0) is 17.3. The van der Waals surface area contributed by atoms with Crippen LogP contribution in [0.15, 0.2) is 0 Å². The molecule has 24 heavy (non-hydrogen) atoms. The van der Waals surface area contributed by atoms with Crippen LogP contribution in [0.3, 0.4) is 0 Å². The highest BCUT2D eigenvalue weighted by atomic mass is 32.2. The molecule has 1 aliphatic carbocycles. The molecule has 0 saturated heterocycles. The van der Waals surface area contributed by atoms with Crippen LogP contribution in [-0.4, -0.2) is 28.7 Å². The first kappa shape index (κ1) is 17.2. The molecule has 0 aliphatic heterocycles. The Morgan fingerprint density at radius 1 is 1.17 bits per heavy atom. The Labute approximate surface area is 142 Å². The molecule has 2 aromatic heterocycles. The zero-order valence-corrected chi connectivity index (χ0v) is 14.9. The third-order valence-electron chi connectivity index (χ3n) is 4.65. The summed E-state index contributed by atoms with van der Waals surface area (Å²) in [5, 5.41) is 5.08. The summed E-state index contributed by atoms with van der Waals surface area (Å²) in [6, 6.07) is 0. The van der Waals surface area contributed by atoms with Crippen LogP contribution >= 0.6 is 0 Å². The van der Waals surface area contributed by atoms with Crippen molar-refractivity contribution in [1.29, 1.82) is 0 Å². The van der Waals surface area contributed by atoms with Crippen LogP contribution in [0.25, 0.3) is 11.0 Å². The van der Waals surface area contributed by atoms with Crippen LogP contribution in [0, 0.1) is 0 Å². The molecule has 8 heteroatoms. The maximum atomic E-state index is 11.1. The second-order valence-corrected chi connectivity index (χ2v) is 8.17. The molecule has 7 nitrogen and oxygen atoms in total. The maximum Gasteiger partial charge on any atom is 0.209 e. The molecule has 0 bridgehead atoms. The van der Waals surface area contributed by atoms with E-state index in [4.69, 9.17) is 15.9 Å². The molecule has 0 radical (unpaired) electrons. The number of hydrogen-bond donors (Lipinski definition) is 2. The van der Waals surface area contributed by atoms with E-state index in [0.717, 1.165) is 67.6 Å². The largest absolute Gasteiger partial charge is 0.382 e. The van der Waals surface area contributed by atoms with Gasteiger partial charge in [0.2, 0.25) is 10.0 Å². The third-order valence-corrected chi connectivity index (χ3v) is 5.50. The van der Waals surface area contributed by atoms with E-state index in [-0.39, 0.29) is 5.75 Å². The van der Waals surface area contributed by atoms with Crippen LogP contribution in [0.5, 0.6) is 0 Å². The van der Waals surface area contributed by atoms with Gasteiger partial charge in [-0.05, 0) is 44.1 Å². The molecule has 0 saturated carbocycles. The Hall–Kier alpha value is -1.67. The third kappa shape index (κ3) is 3.39. The van der Waals surface area contributed by atoms with Crippen molar-refractivity contribution < 1.29 is 8.42 Å². The van der Waals surface area contributed by atoms with Crippen molar-refractivity contribution in [1.82, 2.24) is 14.5 Å². The Morgan fingerprint density at radius 3 is 2.62 bits per heavy atom. The minimum atomic E-state index is -3.40. The fourth-order valence-corrected chi connectivity index (χ4v) is 4.14. The van der Waals surface area contributed by atoms with Crippen molar-refractivity contribution in [3.05, 3.63) is 17.1 Å². The van der Waals surface area contributed by atoms with Gasteiger partial charge in [0.25, 0.3) is 0 Å². The predicted octanol–water partition coefficient (Wildman–Crippen LogP) is 1.52. The number of aryl methyl sites for hydroxylation is 4. The minimum absolute atomic E-state index is 0.0168. The lowest BCUT2D eigenvalue weighted by Gasteiger charge is -2.18. The number of hydrogen-bond acceptors (Lipinski definition) is 5. The number of rotatable bonds is 6. The molecule has 0 unspecified atom stereocenters. The van der Waals surface area contributed by atoms with Gasteiger partial charge in [0, 0.05) is 18.7 Å². The lowest BCUT2D eigenvalue weighted by Crippen LogP contribution is -2.17. The molecule has 4 N–H and O–H groups in total. The molecule has 0 atom stereocenters. The van der Waals surface area contributed by atoms with Gasteiger partial charge in [0.1, 0.15) is 11.3 Å². The Kier molecular flexibility index (Phi) is 4.78. The predicted molar refractivity (Wildman–Crippen MR) is 95.2 cm³/mol. The fraction of sp³-hybridized carbons (Fsp3) is 0.625. The topological polar surface area (TPSA) is 117 Å². The van der Waals surface area contributed by atoms with Gasteiger partial charge in [0.15, 0.2) is 5.82 Å². The van der Waals surface area contributed by atoms with Crippen LogP contribution in [-0.2, 0) is 35.8 Å². The van der Waals surface area contributed by atoms with E-state index in [2.05, 4.69) is 16.5 Å². The summed E-state index contributed by atoms with van der Waals surface area (Å²) in [5.41, 5.74) is 10.4. The number of fused-ring (bicyclic) bond motifs is 3. The molecule has 3 rings (SSSR count). The van der Waals surface area contributed by atoms with Gasteiger partial charge in [-0.2, -0.15) is 0 Å². The average molecular weight is 351 g/mol. The number of aromatic nitrogens is 3. The number of nitrogens with zero attached hydrogens (tertiary/aromatic N) is 3. The second-order valence-electron chi connectivity index (χ2n) is 6.43. The first-order chi connectivity index (χ1) is 11.4.